The Morgan fingerprint density at radius 1 is 1.16 bits per heavy atom. The fraction of sp³-hybridized carbons (Fsp3) is 0.350. The lowest BCUT2D eigenvalue weighted by atomic mass is 9.96. The molecule has 4 nitrogen and oxygen atoms in total. The molecule has 0 atom stereocenters. The third-order valence-corrected chi connectivity index (χ3v) is 4.64. The van der Waals surface area contributed by atoms with Gasteiger partial charge in [0.25, 0.3) is 0 Å². The second-order valence-corrected chi connectivity index (χ2v) is 6.63. The molecular weight excluding hydrogens is 336 g/mol. The van der Waals surface area contributed by atoms with Gasteiger partial charge in [0.2, 0.25) is 5.88 Å². The van der Waals surface area contributed by atoms with Gasteiger partial charge < -0.3 is 4.74 Å². The van der Waals surface area contributed by atoms with Crippen molar-refractivity contribution in [1.29, 1.82) is 5.26 Å². The molecule has 0 bridgehead atoms. The molecule has 1 aliphatic carbocycles. The number of halogens is 1. The Morgan fingerprint density at radius 2 is 1.88 bits per heavy atom. The number of benzene rings is 1. The molecule has 25 heavy (non-hydrogen) atoms. The summed E-state index contributed by atoms with van der Waals surface area (Å²) in [6.07, 6.45) is 6.47. The minimum absolute atomic E-state index is 0.151. The molecule has 0 amide bonds. The predicted molar refractivity (Wildman–Crippen MR) is 96.1 cm³/mol. The summed E-state index contributed by atoms with van der Waals surface area (Å²) in [5, 5.41) is 9.97. The van der Waals surface area contributed by atoms with Crippen molar-refractivity contribution in [1.82, 2.24) is 4.98 Å². The number of pyridine rings is 1. The van der Waals surface area contributed by atoms with Gasteiger partial charge in [-0.05, 0) is 61.6 Å². The first-order valence-corrected chi connectivity index (χ1v) is 8.89. The smallest absolute Gasteiger partial charge is 0.232 e. The molecule has 0 fully saturated rings. The number of ketones is 1. The van der Waals surface area contributed by atoms with Gasteiger partial charge in [-0.25, -0.2) is 4.98 Å². The van der Waals surface area contributed by atoms with Crippen LogP contribution in [-0.2, 0) is 12.8 Å². The Labute approximate surface area is 152 Å². The molecule has 0 saturated carbocycles. The van der Waals surface area contributed by atoms with E-state index in [-0.39, 0.29) is 18.3 Å². The number of nitrogens with zero attached hydrogens (tertiary/aromatic N) is 2. The van der Waals surface area contributed by atoms with Crippen LogP contribution in [0.4, 0.5) is 0 Å². The molecule has 5 heteroatoms. The molecule has 0 N–H and O–H groups in total. The predicted octanol–water partition coefficient (Wildman–Crippen LogP) is 4.53. The lowest BCUT2D eigenvalue weighted by molar-refractivity contribution is 0.0917. The van der Waals surface area contributed by atoms with Crippen molar-refractivity contribution in [2.24, 2.45) is 0 Å². The molecule has 0 radical (unpaired) electrons. The average molecular weight is 355 g/mol. The van der Waals surface area contributed by atoms with Crippen LogP contribution < -0.4 is 4.74 Å². The first-order chi connectivity index (χ1) is 12.2. The molecule has 0 spiro atoms. The van der Waals surface area contributed by atoms with Crippen LogP contribution in [0.2, 0.25) is 5.02 Å². The summed E-state index contributed by atoms with van der Waals surface area (Å²) in [5.41, 5.74) is 3.04. The number of hydrogen-bond acceptors (Lipinski definition) is 4. The Bertz CT molecular complexity index is 810. The van der Waals surface area contributed by atoms with E-state index in [4.69, 9.17) is 16.3 Å². The van der Waals surface area contributed by atoms with Crippen molar-refractivity contribution < 1.29 is 9.53 Å². The van der Waals surface area contributed by atoms with Gasteiger partial charge in [-0.3, -0.25) is 4.79 Å². The van der Waals surface area contributed by atoms with Crippen molar-refractivity contribution in [2.75, 3.05) is 6.61 Å². The zero-order chi connectivity index (χ0) is 17.6. The van der Waals surface area contributed by atoms with Gasteiger partial charge in [-0.2, -0.15) is 5.26 Å². The summed E-state index contributed by atoms with van der Waals surface area (Å²) in [4.78, 5) is 16.8. The van der Waals surface area contributed by atoms with Gasteiger partial charge in [-0.15, -0.1) is 0 Å². The van der Waals surface area contributed by atoms with Gasteiger partial charge in [0.05, 0.1) is 0 Å². The van der Waals surface area contributed by atoms with Crippen molar-refractivity contribution in [3.8, 4) is 11.9 Å². The number of aromatic nitrogens is 1. The fourth-order valence-electron chi connectivity index (χ4n) is 3.01. The van der Waals surface area contributed by atoms with E-state index in [9.17, 15) is 10.1 Å². The monoisotopic (exact) mass is 354 g/mol. The summed E-state index contributed by atoms with van der Waals surface area (Å²) in [7, 11) is 0. The third kappa shape index (κ3) is 4.37. The SMILES string of the molecule is N#Cc1cc2c(nc1OCC(=O)c1ccc(Cl)cc1)CCCCCC2. The topological polar surface area (TPSA) is 63.0 Å². The quantitative estimate of drug-likeness (QED) is 0.757. The molecule has 1 heterocycles. The summed E-state index contributed by atoms with van der Waals surface area (Å²) >= 11 is 5.83. The lowest BCUT2D eigenvalue weighted by Crippen LogP contribution is -2.14. The maximum atomic E-state index is 12.2. The largest absolute Gasteiger partial charge is 0.468 e. The molecule has 128 valence electrons. The van der Waals surface area contributed by atoms with E-state index in [1.165, 1.54) is 12.8 Å². The van der Waals surface area contributed by atoms with E-state index in [0.29, 0.717) is 16.1 Å². The Kier molecular flexibility index (Phi) is 5.67. The molecule has 1 aromatic carbocycles. The maximum Gasteiger partial charge on any atom is 0.232 e. The van der Waals surface area contributed by atoms with Crippen molar-refractivity contribution >= 4 is 17.4 Å². The summed E-state index contributed by atoms with van der Waals surface area (Å²) in [5.74, 6) is 0.0817. The number of hydrogen-bond donors (Lipinski definition) is 0. The number of rotatable bonds is 4. The zero-order valence-electron chi connectivity index (χ0n) is 13.9. The van der Waals surface area contributed by atoms with Crippen molar-refractivity contribution in [2.45, 2.75) is 38.5 Å². The molecular formula is C20H19ClN2O2. The first kappa shape index (κ1) is 17.4. The molecule has 0 unspecified atom stereocenters. The molecule has 1 aliphatic rings. The first-order valence-electron chi connectivity index (χ1n) is 8.52. The van der Waals surface area contributed by atoms with E-state index < -0.39 is 0 Å². The Hall–Kier alpha value is -2.38. The van der Waals surface area contributed by atoms with Crippen LogP contribution in [0.1, 0.15) is 52.9 Å². The standard InChI is InChI=1S/C20H19ClN2O2/c21-17-9-7-14(8-10-17)19(24)13-25-20-16(12-22)11-15-5-3-1-2-4-6-18(15)23-20/h7-11H,1-6,13H2. The van der Waals surface area contributed by atoms with E-state index in [1.807, 2.05) is 6.07 Å². The number of ether oxygens (including phenoxy) is 1. The number of carbonyl (C=O) groups is 1. The number of Topliss-reactive ketones (excluding diaryl/α,β-unsaturated/α-hetero) is 1. The van der Waals surface area contributed by atoms with Crippen LogP contribution >= 0.6 is 11.6 Å². The molecule has 0 aliphatic heterocycles. The van der Waals surface area contributed by atoms with Crippen LogP contribution in [0.25, 0.3) is 0 Å². The lowest BCUT2D eigenvalue weighted by Gasteiger charge is -2.15. The van der Waals surface area contributed by atoms with Crippen LogP contribution in [0.3, 0.4) is 0 Å². The molecule has 1 aromatic heterocycles. The molecule has 3 rings (SSSR count). The highest BCUT2D eigenvalue weighted by Crippen LogP contribution is 2.25. The van der Waals surface area contributed by atoms with Crippen molar-refractivity contribution in [3.63, 3.8) is 0 Å². The fourth-order valence-corrected chi connectivity index (χ4v) is 3.14. The maximum absolute atomic E-state index is 12.2. The molecule has 2 aromatic rings. The van der Waals surface area contributed by atoms with Gasteiger partial charge in [-0.1, -0.05) is 24.4 Å². The van der Waals surface area contributed by atoms with E-state index in [1.54, 1.807) is 24.3 Å². The summed E-state index contributed by atoms with van der Waals surface area (Å²) < 4.78 is 5.60. The van der Waals surface area contributed by atoms with E-state index in [0.717, 1.165) is 36.9 Å². The Balaban J connectivity index is 1.77. The van der Waals surface area contributed by atoms with Gasteiger partial charge in [0.15, 0.2) is 12.4 Å². The van der Waals surface area contributed by atoms with Gasteiger partial charge in [0, 0.05) is 16.3 Å². The zero-order valence-corrected chi connectivity index (χ0v) is 14.7. The van der Waals surface area contributed by atoms with E-state index in [2.05, 4.69) is 11.1 Å². The van der Waals surface area contributed by atoms with Crippen LogP contribution in [0, 0.1) is 11.3 Å². The average Bonchev–Trinajstić information content (AvgIpc) is 2.61. The minimum Gasteiger partial charge on any atom is -0.468 e. The molecule has 0 saturated heterocycles. The number of carbonyl (C=O) groups excluding carboxylic acids is 1. The highest BCUT2D eigenvalue weighted by Gasteiger charge is 2.16. The second kappa shape index (κ2) is 8.13. The van der Waals surface area contributed by atoms with Gasteiger partial charge in [0.1, 0.15) is 11.6 Å². The highest BCUT2D eigenvalue weighted by atomic mass is 35.5. The van der Waals surface area contributed by atoms with Gasteiger partial charge >= 0.3 is 0 Å². The van der Waals surface area contributed by atoms with E-state index >= 15 is 0 Å². The normalized spacial score (nSPS) is 13.9. The Morgan fingerprint density at radius 3 is 2.60 bits per heavy atom. The third-order valence-electron chi connectivity index (χ3n) is 4.39. The minimum atomic E-state index is -0.172. The van der Waals surface area contributed by atoms with Crippen LogP contribution in [-0.4, -0.2) is 17.4 Å². The summed E-state index contributed by atoms with van der Waals surface area (Å²) in [6.45, 7) is -0.151. The number of fused-ring (bicyclic) bond motifs is 1. The highest BCUT2D eigenvalue weighted by molar-refractivity contribution is 6.30. The van der Waals surface area contributed by atoms with Crippen molar-refractivity contribution in [3.05, 3.63) is 57.7 Å². The summed E-state index contributed by atoms with van der Waals surface area (Å²) in [6, 6.07) is 10.7. The second-order valence-electron chi connectivity index (χ2n) is 6.19. The number of aryl methyl sites for hydroxylation is 2. The van der Waals surface area contributed by atoms with Crippen LogP contribution in [0.5, 0.6) is 5.88 Å². The van der Waals surface area contributed by atoms with Crippen LogP contribution in [0.15, 0.2) is 30.3 Å². The number of nitriles is 1.